The molecule has 3 rings (SSSR count). The molecule has 0 aromatic carbocycles. The van der Waals surface area contributed by atoms with Crippen molar-refractivity contribution in [2.24, 2.45) is 0 Å². The number of carbonyl (C=O) groups excluding carboxylic acids is 3. The number of carbonyl (C=O) groups is 3. The molecule has 3 amide bonds. The number of ether oxygens (including phenoxy) is 1. The Morgan fingerprint density at radius 3 is 2.70 bits per heavy atom. The zero-order valence-corrected chi connectivity index (χ0v) is 18.9. The van der Waals surface area contributed by atoms with Crippen LogP contribution < -0.4 is 10.6 Å². The summed E-state index contributed by atoms with van der Waals surface area (Å²) in [5.74, 6) is -0.313. The molecule has 1 saturated heterocycles. The van der Waals surface area contributed by atoms with Crippen LogP contribution in [0.2, 0.25) is 0 Å². The van der Waals surface area contributed by atoms with Crippen molar-refractivity contribution in [3.8, 4) is 0 Å². The molecule has 1 aromatic rings. The van der Waals surface area contributed by atoms with E-state index in [-0.39, 0.29) is 30.3 Å². The van der Waals surface area contributed by atoms with Gasteiger partial charge < -0.3 is 20.3 Å². The number of aryl methyl sites for hydroxylation is 1. The van der Waals surface area contributed by atoms with Crippen LogP contribution in [0.4, 0.5) is 5.00 Å². The number of nitrogens with one attached hydrogen (secondary N) is 2. The molecule has 0 saturated carbocycles. The Hall–Kier alpha value is -1.97. The van der Waals surface area contributed by atoms with Gasteiger partial charge in [0.25, 0.3) is 5.91 Å². The number of rotatable bonds is 8. The zero-order chi connectivity index (χ0) is 21.7. The lowest BCUT2D eigenvalue weighted by Gasteiger charge is -2.25. The van der Waals surface area contributed by atoms with Crippen molar-refractivity contribution in [1.82, 2.24) is 15.1 Å². The van der Waals surface area contributed by atoms with E-state index in [1.807, 2.05) is 4.90 Å². The van der Waals surface area contributed by atoms with Gasteiger partial charge in [-0.15, -0.1) is 11.3 Å². The molecule has 9 heteroatoms. The summed E-state index contributed by atoms with van der Waals surface area (Å²) in [6.45, 7) is 1.74. The van der Waals surface area contributed by atoms with E-state index in [1.165, 1.54) is 16.2 Å². The molecule has 1 atom stereocenters. The van der Waals surface area contributed by atoms with Gasteiger partial charge in [0.2, 0.25) is 11.8 Å². The minimum absolute atomic E-state index is 0.0325. The van der Waals surface area contributed by atoms with Crippen molar-refractivity contribution in [2.75, 3.05) is 52.8 Å². The minimum Gasteiger partial charge on any atom is -0.383 e. The topological polar surface area (TPSA) is 91.0 Å². The summed E-state index contributed by atoms with van der Waals surface area (Å²) < 4.78 is 5.02. The number of amides is 3. The Bertz CT molecular complexity index is 792. The van der Waals surface area contributed by atoms with Crippen molar-refractivity contribution in [1.29, 1.82) is 0 Å². The lowest BCUT2D eigenvalue weighted by Crippen LogP contribution is -2.45. The fourth-order valence-electron chi connectivity index (χ4n) is 4.19. The standard InChI is InChI=1S/C21H32N4O4S/c1-24(2)21(28)15-8-6-11-25(15)13-17(26)23-20-18(19(27)22-10-12-29-3)14-7-4-5-9-16(14)30-20/h15H,4-13H2,1-3H3,(H,22,27)(H,23,26). The first-order valence-electron chi connectivity index (χ1n) is 10.6. The third-order valence-corrected chi connectivity index (χ3v) is 6.89. The maximum atomic E-state index is 12.8. The van der Waals surface area contributed by atoms with Gasteiger partial charge in [-0.25, -0.2) is 0 Å². The number of likely N-dealkylation sites (N-methyl/N-ethyl adjacent to an activating group) is 1. The molecule has 166 valence electrons. The number of anilines is 1. The highest BCUT2D eigenvalue weighted by atomic mass is 32.1. The third kappa shape index (κ3) is 5.19. The first-order chi connectivity index (χ1) is 14.4. The van der Waals surface area contributed by atoms with Crippen molar-refractivity contribution < 1.29 is 19.1 Å². The van der Waals surface area contributed by atoms with Crippen LogP contribution in [0.3, 0.4) is 0 Å². The summed E-state index contributed by atoms with van der Waals surface area (Å²) in [4.78, 5) is 42.8. The first-order valence-corrected chi connectivity index (χ1v) is 11.4. The number of thiophene rings is 1. The normalized spacial score (nSPS) is 18.7. The second-order valence-electron chi connectivity index (χ2n) is 8.07. The van der Waals surface area contributed by atoms with Crippen LogP contribution in [0.25, 0.3) is 0 Å². The summed E-state index contributed by atoms with van der Waals surface area (Å²) >= 11 is 1.51. The monoisotopic (exact) mass is 436 g/mol. The molecular weight excluding hydrogens is 404 g/mol. The van der Waals surface area contributed by atoms with E-state index in [9.17, 15) is 14.4 Å². The Labute approximate surface area is 181 Å². The lowest BCUT2D eigenvalue weighted by atomic mass is 9.95. The largest absolute Gasteiger partial charge is 0.383 e. The average molecular weight is 437 g/mol. The number of methoxy groups -OCH3 is 1. The summed E-state index contributed by atoms with van der Waals surface area (Å²) in [6, 6.07) is -0.251. The molecule has 2 heterocycles. The van der Waals surface area contributed by atoms with Crippen LogP contribution in [0.5, 0.6) is 0 Å². The third-order valence-electron chi connectivity index (χ3n) is 5.68. The van der Waals surface area contributed by atoms with Gasteiger partial charge in [-0.1, -0.05) is 0 Å². The molecule has 0 bridgehead atoms. The second-order valence-corrected chi connectivity index (χ2v) is 9.18. The summed E-state index contributed by atoms with van der Waals surface area (Å²) in [7, 11) is 5.07. The van der Waals surface area contributed by atoms with Crippen LogP contribution >= 0.6 is 11.3 Å². The van der Waals surface area contributed by atoms with Crippen LogP contribution in [0, 0.1) is 0 Å². The summed E-state index contributed by atoms with van der Waals surface area (Å²) in [5.41, 5.74) is 1.67. The molecule has 1 aliphatic heterocycles. The molecule has 2 aliphatic rings. The van der Waals surface area contributed by atoms with E-state index >= 15 is 0 Å². The molecule has 0 spiro atoms. The number of fused-ring (bicyclic) bond motifs is 1. The van der Waals surface area contributed by atoms with E-state index in [0.29, 0.717) is 23.7 Å². The van der Waals surface area contributed by atoms with Crippen LogP contribution in [-0.2, 0) is 27.2 Å². The Morgan fingerprint density at radius 1 is 1.20 bits per heavy atom. The molecule has 30 heavy (non-hydrogen) atoms. The quantitative estimate of drug-likeness (QED) is 0.603. The molecule has 1 fully saturated rings. The van der Waals surface area contributed by atoms with Gasteiger partial charge in [0.1, 0.15) is 5.00 Å². The number of nitrogens with zero attached hydrogens (tertiary/aromatic N) is 2. The smallest absolute Gasteiger partial charge is 0.254 e. The predicted molar refractivity (Wildman–Crippen MR) is 117 cm³/mol. The Morgan fingerprint density at radius 2 is 1.97 bits per heavy atom. The average Bonchev–Trinajstić information content (AvgIpc) is 3.31. The SMILES string of the molecule is COCCNC(=O)c1c(NC(=O)CN2CCCC2C(=O)N(C)C)sc2c1CCCC2. The lowest BCUT2D eigenvalue weighted by molar-refractivity contribution is -0.133. The number of likely N-dealkylation sites (tertiary alicyclic amines) is 1. The fourth-order valence-corrected chi connectivity index (χ4v) is 5.50. The van der Waals surface area contributed by atoms with E-state index in [4.69, 9.17) is 4.74 Å². The summed E-state index contributed by atoms with van der Waals surface area (Å²) in [5, 5.41) is 6.49. The maximum Gasteiger partial charge on any atom is 0.254 e. The van der Waals surface area contributed by atoms with Gasteiger partial charge >= 0.3 is 0 Å². The van der Waals surface area contributed by atoms with Crippen LogP contribution in [0.1, 0.15) is 46.5 Å². The molecule has 1 unspecified atom stereocenters. The van der Waals surface area contributed by atoms with Gasteiger partial charge in [0, 0.05) is 32.6 Å². The molecule has 1 aliphatic carbocycles. The van der Waals surface area contributed by atoms with Gasteiger partial charge in [-0.05, 0) is 50.6 Å². The van der Waals surface area contributed by atoms with E-state index in [1.54, 1.807) is 26.1 Å². The van der Waals surface area contributed by atoms with Crippen molar-refractivity contribution in [3.63, 3.8) is 0 Å². The molecule has 2 N–H and O–H groups in total. The highest BCUT2D eigenvalue weighted by Crippen LogP contribution is 2.38. The fraction of sp³-hybridized carbons (Fsp3) is 0.667. The Balaban J connectivity index is 1.72. The van der Waals surface area contributed by atoms with Gasteiger partial charge in [-0.3, -0.25) is 19.3 Å². The van der Waals surface area contributed by atoms with E-state index in [2.05, 4.69) is 10.6 Å². The number of hydrogen-bond donors (Lipinski definition) is 2. The van der Waals surface area contributed by atoms with Gasteiger partial charge in [-0.2, -0.15) is 0 Å². The van der Waals surface area contributed by atoms with Gasteiger partial charge in [0.05, 0.1) is 24.8 Å². The van der Waals surface area contributed by atoms with Crippen LogP contribution in [-0.4, -0.2) is 81.0 Å². The predicted octanol–water partition coefficient (Wildman–Crippen LogP) is 1.49. The number of hydrogen-bond acceptors (Lipinski definition) is 6. The first kappa shape index (κ1) is 22.7. The van der Waals surface area contributed by atoms with Crippen LogP contribution in [0.15, 0.2) is 0 Å². The van der Waals surface area contributed by atoms with E-state index < -0.39 is 0 Å². The van der Waals surface area contributed by atoms with Gasteiger partial charge in [0.15, 0.2) is 0 Å². The van der Waals surface area contributed by atoms with Crippen molar-refractivity contribution >= 4 is 34.1 Å². The molecule has 1 aromatic heterocycles. The van der Waals surface area contributed by atoms with E-state index in [0.717, 1.165) is 50.6 Å². The minimum atomic E-state index is -0.251. The zero-order valence-electron chi connectivity index (χ0n) is 18.1. The Kier molecular flexibility index (Phi) is 7.85. The van der Waals surface area contributed by atoms with Crippen molar-refractivity contribution in [3.05, 3.63) is 16.0 Å². The summed E-state index contributed by atoms with van der Waals surface area (Å²) in [6.07, 6.45) is 5.63. The molecule has 0 radical (unpaired) electrons. The molecular formula is C21H32N4O4S. The van der Waals surface area contributed by atoms with Crippen molar-refractivity contribution in [2.45, 2.75) is 44.6 Å². The maximum absolute atomic E-state index is 12.8. The highest BCUT2D eigenvalue weighted by molar-refractivity contribution is 7.17. The molecule has 8 nitrogen and oxygen atoms in total. The second kappa shape index (κ2) is 10.4. The highest BCUT2D eigenvalue weighted by Gasteiger charge is 2.33.